The molecule has 0 N–H and O–H groups in total. The average molecular weight is 344 g/mol. The summed E-state index contributed by atoms with van der Waals surface area (Å²) in [4.78, 5) is 2.46. The quantitative estimate of drug-likeness (QED) is 0.811. The van der Waals surface area contributed by atoms with Crippen molar-refractivity contribution in [2.75, 3.05) is 13.2 Å². The third kappa shape index (κ3) is 3.00. The van der Waals surface area contributed by atoms with Gasteiger partial charge in [-0.3, -0.25) is 4.90 Å². The lowest BCUT2D eigenvalue weighted by molar-refractivity contribution is -0.0403. The number of halogens is 2. The van der Waals surface area contributed by atoms with Gasteiger partial charge in [0.2, 0.25) is 0 Å². The smallest absolute Gasteiger partial charge is 0.149 e. The molecule has 2 nitrogen and oxygen atoms in total. The van der Waals surface area contributed by atoms with Crippen molar-refractivity contribution in [1.29, 1.82) is 0 Å². The Labute approximate surface area is 146 Å². The van der Waals surface area contributed by atoms with Gasteiger partial charge in [0.05, 0.1) is 24.3 Å². The van der Waals surface area contributed by atoms with E-state index in [1.54, 1.807) is 6.07 Å². The Kier molecular flexibility index (Phi) is 4.40. The van der Waals surface area contributed by atoms with Crippen molar-refractivity contribution in [2.45, 2.75) is 25.0 Å². The van der Waals surface area contributed by atoms with Crippen molar-refractivity contribution in [2.24, 2.45) is 0 Å². The topological polar surface area (TPSA) is 12.5 Å². The maximum atomic E-state index is 14.4. The lowest BCUT2D eigenvalue weighted by Crippen LogP contribution is -2.53. The van der Waals surface area contributed by atoms with E-state index in [9.17, 15) is 4.39 Å². The zero-order valence-corrected chi connectivity index (χ0v) is 14.0. The second kappa shape index (κ2) is 6.67. The highest BCUT2D eigenvalue weighted by atomic mass is 35.5. The molecule has 0 saturated carbocycles. The Hall–Kier alpha value is -1.68. The molecule has 4 heteroatoms. The van der Waals surface area contributed by atoms with Crippen molar-refractivity contribution >= 4 is 17.2 Å². The Balaban J connectivity index is 1.64. The highest BCUT2D eigenvalue weighted by Gasteiger charge is 2.35. The summed E-state index contributed by atoms with van der Waals surface area (Å²) in [6.45, 7) is 2.22. The Morgan fingerprint density at radius 1 is 1.08 bits per heavy atom. The molecule has 2 heterocycles. The first kappa shape index (κ1) is 15.8. The SMILES string of the molecule is Fc1c(Cl)cccc1C1=CC2COCC(C1)N2Cc1ccccc1. The van der Waals surface area contributed by atoms with E-state index in [1.165, 1.54) is 5.56 Å². The molecule has 2 bridgehead atoms. The van der Waals surface area contributed by atoms with Crippen LogP contribution in [0.25, 0.3) is 5.57 Å². The molecule has 0 amide bonds. The second-order valence-corrected chi connectivity index (χ2v) is 6.82. The van der Waals surface area contributed by atoms with Gasteiger partial charge in [-0.05, 0) is 23.6 Å². The van der Waals surface area contributed by atoms with Crippen molar-refractivity contribution in [3.63, 3.8) is 0 Å². The summed E-state index contributed by atoms with van der Waals surface area (Å²) in [6.07, 6.45) is 2.92. The highest BCUT2D eigenvalue weighted by Crippen LogP contribution is 2.35. The minimum Gasteiger partial charge on any atom is -0.378 e. The summed E-state index contributed by atoms with van der Waals surface area (Å²) >= 11 is 5.95. The van der Waals surface area contributed by atoms with Crippen LogP contribution in [0.1, 0.15) is 17.5 Å². The molecular weight excluding hydrogens is 325 g/mol. The van der Waals surface area contributed by atoms with Crippen LogP contribution in [0.15, 0.2) is 54.6 Å². The van der Waals surface area contributed by atoms with Crippen LogP contribution in [-0.2, 0) is 11.3 Å². The fourth-order valence-electron chi connectivity index (χ4n) is 3.65. The number of hydrogen-bond donors (Lipinski definition) is 0. The number of fused-ring (bicyclic) bond motifs is 2. The number of nitrogens with zero attached hydrogens (tertiary/aromatic N) is 1. The van der Waals surface area contributed by atoms with Crippen LogP contribution in [0.5, 0.6) is 0 Å². The van der Waals surface area contributed by atoms with Gasteiger partial charge in [-0.25, -0.2) is 4.39 Å². The first-order valence-electron chi connectivity index (χ1n) is 8.25. The largest absolute Gasteiger partial charge is 0.378 e. The first-order chi connectivity index (χ1) is 11.7. The Morgan fingerprint density at radius 3 is 2.71 bits per heavy atom. The normalized spacial score (nSPS) is 23.8. The van der Waals surface area contributed by atoms with E-state index in [2.05, 4.69) is 35.2 Å². The third-order valence-electron chi connectivity index (χ3n) is 4.85. The summed E-state index contributed by atoms with van der Waals surface area (Å²) < 4.78 is 20.1. The van der Waals surface area contributed by atoms with Crippen molar-refractivity contribution in [3.05, 3.63) is 76.6 Å². The summed E-state index contributed by atoms with van der Waals surface area (Å²) in [5, 5.41) is 0.182. The van der Waals surface area contributed by atoms with Crippen LogP contribution in [0.4, 0.5) is 4.39 Å². The molecule has 2 aliphatic rings. The van der Waals surface area contributed by atoms with E-state index < -0.39 is 0 Å². The maximum Gasteiger partial charge on any atom is 0.149 e. The van der Waals surface area contributed by atoms with Gasteiger partial charge >= 0.3 is 0 Å². The van der Waals surface area contributed by atoms with Crippen molar-refractivity contribution in [1.82, 2.24) is 4.90 Å². The van der Waals surface area contributed by atoms with Gasteiger partial charge < -0.3 is 4.74 Å². The third-order valence-corrected chi connectivity index (χ3v) is 5.14. The molecule has 2 aromatic rings. The monoisotopic (exact) mass is 343 g/mol. The number of benzene rings is 2. The van der Waals surface area contributed by atoms with Crippen molar-refractivity contribution in [3.8, 4) is 0 Å². The average Bonchev–Trinajstić information content (AvgIpc) is 2.58. The van der Waals surface area contributed by atoms with Crippen LogP contribution >= 0.6 is 11.6 Å². The molecule has 1 saturated heterocycles. The lowest BCUT2D eigenvalue weighted by Gasteiger charge is -2.44. The maximum absolute atomic E-state index is 14.4. The molecule has 24 heavy (non-hydrogen) atoms. The first-order valence-corrected chi connectivity index (χ1v) is 8.62. The van der Waals surface area contributed by atoms with Crippen LogP contribution in [0, 0.1) is 5.82 Å². The van der Waals surface area contributed by atoms with Gasteiger partial charge in [-0.1, -0.05) is 60.1 Å². The summed E-state index contributed by atoms with van der Waals surface area (Å²) in [5.74, 6) is -0.319. The summed E-state index contributed by atoms with van der Waals surface area (Å²) in [7, 11) is 0. The predicted octanol–water partition coefficient (Wildman–Crippen LogP) is 4.54. The fraction of sp³-hybridized carbons (Fsp3) is 0.300. The highest BCUT2D eigenvalue weighted by molar-refractivity contribution is 6.30. The molecule has 1 fully saturated rings. The van der Waals surface area contributed by atoms with Crippen molar-refractivity contribution < 1.29 is 9.13 Å². The van der Waals surface area contributed by atoms with E-state index in [1.807, 2.05) is 18.2 Å². The predicted molar refractivity (Wildman–Crippen MR) is 94.4 cm³/mol. The minimum absolute atomic E-state index is 0.172. The van der Waals surface area contributed by atoms with Crippen LogP contribution in [0.2, 0.25) is 5.02 Å². The van der Waals surface area contributed by atoms with E-state index >= 15 is 0 Å². The van der Waals surface area contributed by atoms with Crippen LogP contribution in [-0.4, -0.2) is 30.2 Å². The Bertz CT molecular complexity index is 761. The molecule has 2 unspecified atom stereocenters. The second-order valence-electron chi connectivity index (χ2n) is 6.41. The molecular formula is C20H19ClFNO. The van der Waals surface area contributed by atoms with E-state index in [-0.39, 0.29) is 22.9 Å². The fourth-order valence-corrected chi connectivity index (χ4v) is 3.83. The molecule has 2 aliphatic heterocycles. The van der Waals surface area contributed by atoms with E-state index in [0.717, 1.165) is 18.5 Å². The zero-order valence-electron chi connectivity index (χ0n) is 13.3. The molecule has 0 aromatic heterocycles. The van der Waals surface area contributed by atoms with Crippen LogP contribution in [0.3, 0.4) is 0 Å². The molecule has 124 valence electrons. The van der Waals surface area contributed by atoms with E-state index in [0.29, 0.717) is 18.8 Å². The zero-order chi connectivity index (χ0) is 16.5. The summed E-state index contributed by atoms with van der Waals surface area (Å²) in [6, 6.07) is 16.1. The van der Waals surface area contributed by atoms with Crippen LogP contribution < -0.4 is 0 Å². The molecule has 0 spiro atoms. The summed E-state index contributed by atoms with van der Waals surface area (Å²) in [5.41, 5.74) is 2.96. The number of rotatable bonds is 3. The van der Waals surface area contributed by atoms with Gasteiger partial charge in [0, 0.05) is 18.2 Å². The number of morpholine rings is 1. The molecule has 4 rings (SSSR count). The number of ether oxygens (including phenoxy) is 1. The van der Waals surface area contributed by atoms with Gasteiger partial charge in [-0.15, -0.1) is 0 Å². The van der Waals surface area contributed by atoms with Gasteiger partial charge in [0.15, 0.2) is 0 Å². The van der Waals surface area contributed by atoms with E-state index in [4.69, 9.17) is 16.3 Å². The van der Waals surface area contributed by atoms with Gasteiger partial charge in [0.1, 0.15) is 5.82 Å². The minimum atomic E-state index is -0.319. The number of hydrogen-bond acceptors (Lipinski definition) is 2. The molecule has 0 radical (unpaired) electrons. The Morgan fingerprint density at radius 2 is 1.92 bits per heavy atom. The van der Waals surface area contributed by atoms with Gasteiger partial charge in [-0.2, -0.15) is 0 Å². The molecule has 0 aliphatic carbocycles. The standard InChI is InChI=1S/C20H19ClFNO/c21-19-8-4-7-18(20(19)22)15-9-16-12-24-13-17(10-15)23(16)11-14-5-2-1-3-6-14/h1-9,16-17H,10-13H2. The molecule has 2 aromatic carbocycles. The lowest BCUT2D eigenvalue weighted by atomic mass is 9.89. The van der Waals surface area contributed by atoms with Gasteiger partial charge in [0.25, 0.3) is 0 Å². The molecule has 2 atom stereocenters.